The fraction of sp³-hybridized carbons (Fsp3) is 1.00. The number of hydrogen-bond acceptors (Lipinski definition) is 1. The summed E-state index contributed by atoms with van der Waals surface area (Å²) in [5.41, 5.74) is -0.193. The Balaban J connectivity index is 1.89. The first kappa shape index (κ1) is 7.37. The van der Waals surface area contributed by atoms with Crippen LogP contribution in [0.1, 0.15) is 44.9 Å². The normalized spacial score (nSPS) is 57.2. The van der Waals surface area contributed by atoms with Crippen molar-refractivity contribution in [2.75, 3.05) is 0 Å². The summed E-state index contributed by atoms with van der Waals surface area (Å²) < 4.78 is 0. The van der Waals surface area contributed by atoms with E-state index >= 15 is 0 Å². The van der Waals surface area contributed by atoms with Crippen LogP contribution in [0.4, 0.5) is 0 Å². The van der Waals surface area contributed by atoms with Crippen molar-refractivity contribution in [3.05, 3.63) is 0 Å². The molecule has 0 radical (unpaired) electrons. The largest absolute Gasteiger partial charge is 0.389 e. The highest BCUT2D eigenvalue weighted by atomic mass is 16.3. The van der Waals surface area contributed by atoms with Gasteiger partial charge < -0.3 is 5.11 Å². The van der Waals surface area contributed by atoms with Crippen LogP contribution in [0.15, 0.2) is 0 Å². The Hall–Kier alpha value is -0.0400. The average Bonchev–Trinajstić information content (AvgIpc) is 2.18. The van der Waals surface area contributed by atoms with Gasteiger partial charge in [0, 0.05) is 0 Å². The maximum Gasteiger partial charge on any atom is 0.0706 e. The molecule has 1 heteroatoms. The molecule has 0 aromatic heterocycles. The van der Waals surface area contributed by atoms with Crippen molar-refractivity contribution in [3.63, 3.8) is 0 Å². The van der Waals surface area contributed by atoms with E-state index < -0.39 is 0 Å². The molecule has 0 unspecified atom stereocenters. The Morgan fingerprint density at radius 1 is 1.08 bits per heavy atom. The molecule has 4 atom stereocenters. The van der Waals surface area contributed by atoms with Crippen molar-refractivity contribution in [1.82, 2.24) is 0 Å². The zero-order valence-electron chi connectivity index (χ0n) is 7.63. The molecule has 1 N–H and O–H groups in total. The summed E-state index contributed by atoms with van der Waals surface area (Å²) in [6.07, 6.45) is 9.13. The second-order valence-corrected chi connectivity index (χ2v) is 5.11. The summed E-state index contributed by atoms with van der Waals surface area (Å²) >= 11 is 0. The topological polar surface area (TPSA) is 20.2 Å². The van der Waals surface area contributed by atoms with Crippen molar-refractivity contribution < 1.29 is 5.11 Å². The Bertz CT molecular complexity index is 201. The molecule has 0 aromatic carbocycles. The fourth-order valence-electron chi connectivity index (χ4n) is 3.94. The molecule has 3 aliphatic rings. The van der Waals surface area contributed by atoms with E-state index in [4.69, 9.17) is 0 Å². The van der Waals surface area contributed by atoms with Gasteiger partial charge in [-0.25, -0.2) is 0 Å². The van der Waals surface area contributed by atoms with Crippen molar-refractivity contribution in [2.45, 2.75) is 50.5 Å². The van der Waals surface area contributed by atoms with Crippen molar-refractivity contribution in [2.24, 2.45) is 17.8 Å². The lowest BCUT2D eigenvalue weighted by Gasteiger charge is -2.43. The highest BCUT2D eigenvalue weighted by Crippen LogP contribution is 2.59. The van der Waals surface area contributed by atoms with Gasteiger partial charge in [-0.05, 0) is 49.9 Å². The molecular formula is C11H18O. The van der Waals surface area contributed by atoms with E-state index in [-0.39, 0.29) is 5.60 Å². The van der Waals surface area contributed by atoms with Crippen molar-refractivity contribution in [3.8, 4) is 0 Å². The Morgan fingerprint density at radius 2 is 2.00 bits per heavy atom. The summed E-state index contributed by atoms with van der Waals surface area (Å²) in [6.45, 7) is 0. The molecule has 12 heavy (non-hydrogen) atoms. The number of fused-ring (bicyclic) bond motifs is 3. The van der Waals surface area contributed by atoms with Crippen molar-refractivity contribution >= 4 is 0 Å². The molecule has 0 aromatic rings. The van der Waals surface area contributed by atoms with Gasteiger partial charge in [0.05, 0.1) is 5.60 Å². The molecule has 0 bridgehead atoms. The van der Waals surface area contributed by atoms with Crippen LogP contribution in [-0.4, -0.2) is 10.7 Å². The molecule has 3 saturated carbocycles. The SMILES string of the molecule is O[C@]12CCCC[C@@H]1C[C@@H]1CC[C@H]12. The minimum Gasteiger partial charge on any atom is -0.389 e. The quantitative estimate of drug-likeness (QED) is 0.585. The van der Waals surface area contributed by atoms with E-state index in [1.165, 1.54) is 38.5 Å². The predicted molar refractivity (Wildman–Crippen MR) is 47.7 cm³/mol. The third-order valence-corrected chi connectivity index (χ3v) is 4.73. The Morgan fingerprint density at radius 3 is 2.75 bits per heavy atom. The zero-order chi connectivity index (χ0) is 8.18. The van der Waals surface area contributed by atoms with E-state index in [1.807, 2.05) is 0 Å². The Labute approximate surface area is 74.2 Å². The fourth-order valence-corrected chi connectivity index (χ4v) is 3.94. The lowest BCUT2D eigenvalue weighted by Crippen LogP contribution is -2.45. The second kappa shape index (κ2) is 2.25. The number of aliphatic hydroxyl groups is 1. The average molecular weight is 166 g/mol. The van der Waals surface area contributed by atoms with E-state index in [0.717, 1.165) is 12.3 Å². The standard InChI is InChI=1S/C11H18O/c12-11-6-2-1-3-9(11)7-8-4-5-10(8)11/h8-10,12H,1-7H2/t8-,9+,10+,11+/m0/s1. The summed E-state index contributed by atoms with van der Waals surface area (Å²) in [6, 6.07) is 0. The monoisotopic (exact) mass is 166 g/mol. The highest BCUT2D eigenvalue weighted by Gasteiger charge is 2.57. The first-order chi connectivity index (χ1) is 5.81. The molecule has 68 valence electrons. The molecule has 0 spiro atoms. The lowest BCUT2D eigenvalue weighted by molar-refractivity contribution is -0.0858. The van der Waals surface area contributed by atoms with Gasteiger partial charge in [-0.3, -0.25) is 0 Å². The molecule has 1 nitrogen and oxygen atoms in total. The van der Waals surface area contributed by atoms with Crippen LogP contribution >= 0.6 is 0 Å². The van der Waals surface area contributed by atoms with Crippen LogP contribution in [-0.2, 0) is 0 Å². The van der Waals surface area contributed by atoms with Crippen LogP contribution in [0.2, 0.25) is 0 Å². The van der Waals surface area contributed by atoms with Crippen LogP contribution in [0, 0.1) is 17.8 Å². The molecular weight excluding hydrogens is 148 g/mol. The smallest absolute Gasteiger partial charge is 0.0706 e. The van der Waals surface area contributed by atoms with Crippen LogP contribution in [0.5, 0.6) is 0 Å². The zero-order valence-corrected chi connectivity index (χ0v) is 7.63. The predicted octanol–water partition coefficient (Wildman–Crippen LogP) is 2.34. The van der Waals surface area contributed by atoms with Gasteiger partial charge in [0.1, 0.15) is 0 Å². The number of rotatable bonds is 0. The number of hydrogen-bond donors (Lipinski definition) is 1. The van der Waals surface area contributed by atoms with Crippen LogP contribution in [0.25, 0.3) is 0 Å². The van der Waals surface area contributed by atoms with Gasteiger partial charge in [-0.15, -0.1) is 0 Å². The highest BCUT2D eigenvalue weighted by molar-refractivity contribution is 5.08. The molecule has 3 fully saturated rings. The minimum atomic E-state index is -0.193. The maximum absolute atomic E-state index is 10.5. The molecule has 0 aliphatic heterocycles. The third kappa shape index (κ3) is 0.736. The second-order valence-electron chi connectivity index (χ2n) is 5.11. The molecule has 0 amide bonds. The first-order valence-corrected chi connectivity index (χ1v) is 5.53. The summed E-state index contributed by atoms with van der Waals surface area (Å²) in [7, 11) is 0. The lowest BCUT2D eigenvalue weighted by atomic mass is 9.67. The minimum absolute atomic E-state index is 0.193. The molecule has 3 rings (SSSR count). The third-order valence-electron chi connectivity index (χ3n) is 4.73. The van der Waals surface area contributed by atoms with Gasteiger partial charge in [-0.1, -0.05) is 12.8 Å². The van der Waals surface area contributed by atoms with Gasteiger partial charge in [-0.2, -0.15) is 0 Å². The van der Waals surface area contributed by atoms with Gasteiger partial charge in [0.25, 0.3) is 0 Å². The summed E-state index contributed by atoms with van der Waals surface area (Å²) in [5.74, 6) is 2.31. The van der Waals surface area contributed by atoms with E-state index in [9.17, 15) is 5.11 Å². The maximum atomic E-state index is 10.5. The van der Waals surface area contributed by atoms with Crippen molar-refractivity contribution in [1.29, 1.82) is 0 Å². The summed E-state index contributed by atoms with van der Waals surface area (Å²) in [5, 5.41) is 10.5. The van der Waals surface area contributed by atoms with E-state index in [1.54, 1.807) is 0 Å². The van der Waals surface area contributed by atoms with Gasteiger partial charge in [0.2, 0.25) is 0 Å². The van der Waals surface area contributed by atoms with Crippen LogP contribution in [0.3, 0.4) is 0 Å². The van der Waals surface area contributed by atoms with Crippen LogP contribution < -0.4 is 0 Å². The molecule has 0 saturated heterocycles. The Kier molecular flexibility index (Phi) is 1.39. The van der Waals surface area contributed by atoms with E-state index in [2.05, 4.69) is 0 Å². The summed E-state index contributed by atoms with van der Waals surface area (Å²) in [4.78, 5) is 0. The van der Waals surface area contributed by atoms with Gasteiger partial charge >= 0.3 is 0 Å². The van der Waals surface area contributed by atoms with Gasteiger partial charge in [0.15, 0.2) is 0 Å². The van der Waals surface area contributed by atoms with E-state index in [0.29, 0.717) is 11.8 Å². The molecule has 0 heterocycles. The first-order valence-electron chi connectivity index (χ1n) is 5.53. The molecule has 3 aliphatic carbocycles.